The Balaban J connectivity index is 2.00. The highest BCUT2D eigenvalue weighted by Crippen LogP contribution is 2.29. The van der Waals surface area contributed by atoms with Crippen molar-refractivity contribution in [1.29, 1.82) is 0 Å². The molecule has 0 aliphatic heterocycles. The van der Waals surface area contributed by atoms with Gasteiger partial charge in [0.1, 0.15) is 5.82 Å². The zero-order valence-electron chi connectivity index (χ0n) is 11.6. The zero-order valence-corrected chi connectivity index (χ0v) is 11.6. The number of nitrogens with two attached hydrogens (primary N) is 1. The third-order valence-electron chi connectivity index (χ3n) is 4.02. The van der Waals surface area contributed by atoms with Crippen molar-refractivity contribution in [3.05, 3.63) is 29.6 Å². The Hall–Kier alpha value is -1.95. The Morgan fingerprint density at radius 2 is 1.95 bits per heavy atom. The van der Waals surface area contributed by atoms with Crippen molar-refractivity contribution in [3.63, 3.8) is 0 Å². The monoisotopic (exact) mass is 294 g/mol. The lowest BCUT2D eigenvalue weighted by Gasteiger charge is -2.26. The highest BCUT2D eigenvalue weighted by atomic mass is 19.1. The van der Waals surface area contributed by atoms with E-state index in [9.17, 15) is 14.0 Å². The summed E-state index contributed by atoms with van der Waals surface area (Å²) in [5.41, 5.74) is 5.48. The summed E-state index contributed by atoms with van der Waals surface area (Å²) >= 11 is 0. The van der Waals surface area contributed by atoms with Crippen LogP contribution in [0.3, 0.4) is 0 Å². The molecule has 1 aliphatic carbocycles. The maximum absolute atomic E-state index is 13.3. The number of hydrogen-bond donors (Lipinski definition) is 3. The predicted octanol–water partition coefficient (Wildman–Crippen LogP) is 2.23. The largest absolute Gasteiger partial charge is 0.478 e. The van der Waals surface area contributed by atoms with Crippen LogP contribution >= 0.6 is 0 Å². The van der Waals surface area contributed by atoms with Crippen LogP contribution in [0.5, 0.6) is 0 Å². The van der Waals surface area contributed by atoms with E-state index in [4.69, 9.17) is 10.8 Å². The van der Waals surface area contributed by atoms with Gasteiger partial charge in [0.2, 0.25) is 5.91 Å². The number of carbonyl (C=O) groups is 2. The molecule has 2 rings (SSSR count). The average molecular weight is 294 g/mol. The Kier molecular flexibility index (Phi) is 4.90. The average Bonchev–Trinajstić information content (AvgIpc) is 2.49. The summed E-state index contributed by atoms with van der Waals surface area (Å²) in [7, 11) is 0. The summed E-state index contributed by atoms with van der Waals surface area (Å²) < 4.78 is 13.3. The van der Waals surface area contributed by atoms with Gasteiger partial charge in [-0.1, -0.05) is 0 Å². The molecule has 1 aliphatic rings. The van der Waals surface area contributed by atoms with Crippen molar-refractivity contribution in [1.82, 2.24) is 0 Å². The number of carboxylic acids is 1. The number of anilines is 1. The third-order valence-corrected chi connectivity index (χ3v) is 4.02. The van der Waals surface area contributed by atoms with Crippen molar-refractivity contribution in [2.45, 2.75) is 25.7 Å². The van der Waals surface area contributed by atoms with E-state index in [1.807, 2.05) is 0 Å². The van der Waals surface area contributed by atoms with Gasteiger partial charge in [0.25, 0.3) is 0 Å². The lowest BCUT2D eigenvalue weighted by molar-refractivity contribution is -0.121. The second kappa shape index (κ2) is 6.67. The number of carbonyl (C=O) groups excluding carboxylic acids is 1. The first-order chi connectivity index (χ1) is 10.0. The molecule has 0 bridgehead atoms. The number of rotatable bonds is 4. The highest BCUT2D eigenvalue weighted by Gasteiger charge is 2.25. The number of aromatic carboxylic acids is 1. The molecule has 0 unspecified atom stereocenters. The number of nitrogens with one attached hydrogen (secondary N) is 1. The van der Waals surface area contributed by atoms with Gasteiger partial charge in [-0.05, 0) is 56.3 Å². The molecular weight excluding hydrogens is 275 g/mol. The predicted molar refractivity (Wildman–Crippen MR) is 76.5 cm³/mol. The van der Waals surface area contributed by atoms with Crippen molar-refractivity contribution in [3.8, 4) is 0 Å². The van der Waals surface area contributed by atoms with E-state index in [0.29, 0.717) is 18.2 Å². The van der Waals surface area contributed by atoms with Gasteiger partial charge >= 0.3 is 5.97 Å². The van der Waals surface area contributed by atoms with E-state index >= 15 is 0 Å². The molecular formula is C15H19FN2O3. The van der Waals surface area contributed by atoms with Gasteiger partial charge in [0, 0.05) is 11.6 Å². The van der Waals surface area contributed by atoms with Crippen molar-refractivity contribution in [2.24, 2.45) is 17.6 Å². The van der Waals surface area contributed by atoms with Crippen LogP contribution in [0.25, 0.3) is 0 Å². The maximum Gasteiger partial charge on any atom is 0.338 e. The van der Waals surface area contributed by atoms with Gasteiger partial charge in [0.05, 0.1) is 5.56 Å². The molecule has 1 aromatic carbocycles. The Bertz CT molecular complexity index is 540. The number of carboxylic acid groups (broad SMARTS) is 1. The molecule has 0 radical (unpaired) electrons. The summed E-state index contributed by atoms with van der Waals surface area (Å²) in [6, 6.07) is 3.55. The van der Waals surface area contributed by atoms with Gasteiger partial charge in [0.15, 0.2) is 0 Å². The van der Waals surface area contributed by atoms with Gasteiger partial charge in [-0.25, -0.2) is 9.18 Å². The van der Waals surface area contributed by atoms with E-state index in [2.05, 4.69) is 5.32 Å². The molecule has 5 nitrogen and oxygen atoms in total. The quantitative estimate of drug-likeness (QED) is 0.794. The standard InChI is InChI=1S/C15H19FN2O3/c16-13-6-5-11(7-12(13)15(20)21)18-14(19)10-3-1-9(8-17)2-4-10/h5-7,9-10H,1-4,8,17H2,(H,18,19)(H,20,21). The molecule has 1 fully saturated rings. The SMILES string of the molecule is NCC1CCC(C(=O)Nc2ccc(F)c(C(=O)O)c2)CC1. The van der Waals surface area contributed by atoms with Crippen LogP contribution in [-0.4, -0.2) is 23.5 Å². The Labute approximate surface area is 122 Å². The molecule has 6 heteroatoms. The van der Waals surface area contributed by atoms with Crippen LogP contribution < -0.4 is 11.1 Å². The first-order valence-corrected chi connectivity index (χ1v) is 7.05. The molecule has 0 aromatic heterocycles. The summed E-state index contributed by atoms with van der Waals surface area (Å²) in [4.78, 5) is 23.0. The molecule has 0 spiro atoms. The molecule has 21 heavy (non-hydrogen) atoms. The maximum atomic E-state index is 13.3. The van der Waals surface area contributed by atoms with Gasteiger partial charge in [-0.2, -0.15) is 0 Å². The molecule has 4 N–H and O–H groups in total. The molecule has 0 heterocycles. The van der Waals surface area contributed by atoms with Gasteiger partial charge < -0.3 is 16.2 Å². The van der Waals surface area contributed by atoms with E-state index < -0.39 is 17.3 Å². The molecule has 0 atom stereocenters. The number of hydrogen-bond acceptors (Lipinski definition) is 3. The van der Waals surface area contributed by atoms with Crippen molar-refractivity contribution >= 4 is 17.6 Å². The fraction of sp³-hybridized carbons (Fsp3) is 0.467. The van der Waals surface area contributed by atoms with Crippen LogP contribution in [0.2, 0.25) is 0 Å². The summed E-state index contributed by atoms with van der Waals surface area (Å²) in [5, 5.41) is 11.5. The van der Waals surface area contributed by atoms with Crippen LogP contribution in [0.4, 0.5) is 10.1 Å². The van der Waals surface area contributed by atoms with Crippen LogP contribution in [0.15, 0.2) is 18.2 Å². The normalized spacial score (nSPS) is 21.8. The second-order valence-electron chi connectivity index (χ2n) is 5.44. The summed E-state index contributed by atoms with van der Waals surface area (Å²) in [6.45, 7) is 0.647. The molecule has 0 saturated heterocycles. The third kappa shape index (κ3) is 3.78. The lowest BCUT2D eigenvalue weighted by atomic mass is 9.81. The second-order valence-corrected chi connectivity index (χ2v) is 5.44. The molecule has 114 valence electrons. The Morgan fingerprint density at radius 1 is 1.29 bits per heavy atom. The minimum atomic E-state index is -1.35. The Morgan fingerprint density at radius 3 is 2.52 bits per heavy atom. The molecule has 1 amide bonds. The van der Waals surface area contributed by atoms with Crippen molar-refractivity contribution in [2.75, 3.05) is 11.9 Å². The smallest absolute Gasteiger partial charge is 0.338 e. The minimum Gasteiger partial charge on any atom is -0.478 e. The van der Waals surface area contributed by atoms with E-state index in [1.165, 1.54) is 6.07 Å². The van der Waals surface area contributed by atoms with Crippen LogP contribution in [-0.2, 0) is 4.79 Å². The van der Waals surface area contributed by atoms with Crippen LogP contribution in [0.1, 0.15) is 36.0 Å². The lowest BCUT2D eigenvalue weighted by Crippen LogP contribution is -2.29. The number of halogens is 1. The summed E-state index contributed by atoms with van der Waals surface area (Å²) in [5.74, 6) is -1.92. The van der Waals surface area contributed by atoms with E-state index in [0.717, 1.165) is 37.8 Å². The molecule has 1 saturated carbocycles. The first-order valence-electron chi connectivity index (χ1n) is 7.05. The van der Waals surface area contributed by atoms with Crippen LogP contribution in [0, 0.1) is 17.7 Å². The highest BCUT2D eigenvalue weighted by molar-refractivity contribution is 5.95. The first kappa shape index (κ1) is 15.4. The fourth-order valence-electron chi connectivity index (χ4n) is 2.67. The number of amides is 1. The van der Waals surface area contributed by atoms with E-state index in [1.54, 1.807) is 0 Å². The molecule has 1 aromatic rings. The zero-order chi connectivity index (χ0) is 15.4. The minimum absolute atomic E-state index is 0.0915. The van der Waals surface area contributed by atoms with E-state index in [-0.39, 0.29) is 11.8 Å². The van der Waals surface area contributed by atoms with Gasteiger partial charge in [-0.3, -0.25) is 4.79 Å². The fourth-order valence-corrected chi connectivity index (χ4v) is 2.67. The van der Waals surface area contributed by atoms with Crippen molar-refractivity contribution < 1.29 is 19.1 Å². The summed E-state index contributed by atoms with van der Waals surface area (Å²) in [6.07, 6.45) is 3.41. The van der Waals surface area contributed by atoms with Gasteiger partial charge in [-0.15, -0.1) is 0 Å². The topological polar surface area (TPSA) is 92.4 Å². The number of benzene rings is 1.